The number of rotatable bonds is 7. The first-order chi connectivity index (χ1) is 14.3. The summed E-state index contributed by atoms with van der Waals surface area (Å²) in [5.41, 5.74) is 1.36. The van der Waals surface area contributed by atoms with Crippen LogP contribution in [0.3, 0.4) is 0 Å². The van der Waals surface area contributed by atoms with Crippen LogP contribution in [0.5, 0.6) is 0 Å². The van der Waals surface area contributed by atoms with Gasteiger partial charge in [0.25, 0.3) is 0 Å². The molecule has 2 N–H and O–H groups in total. The van der Waals surface area contributed by atoms with Gasteiger partial charge in [0.05, 0.1) is 28.5 Å². The summed E-state index contributed by atoms with van der Waals surface area (Å²) in [6.07, 6.45) is -4.44. The van der Waals surface area contributed by atoms with Crippen molar-refractivity contribution >= 4 is 40.8 Å². The van der Waals surface area contributed by atoms with Gasteiger partial charge in [0.15, 0.2) is 0 Å². The van der Waals surface area contributed by atoms with Gasteiger partial charge in [0, 0.05) is 5.02 Å². The summed E-state index contributed by atoms with van der Waals surface area (Å²) in [7, 11) is 0. The summed E-state index contributed by atoms with van der Waals surface area (Å²) in [4.78, 5) is 24.1. The Morgan fingerprint density at radius 2 is 1.74 bits per heavy atom. The molecule has 0 bridgehead atoms. The number of carbonyl (C=O) groups is 2. The maximum absolute atomic E-state index is 13.6. The SMILES string of the molecule is Cc1cc(Cl)ccc1C(C(=O)Nc1cc(CC(C)C(=O)O)ccc1Cl)C(C)C(F)(F)F. The summed E-state index contributed by atoms with van der Waals surface area (Å²) in [6, 6.07) is 8.91. The van der Waals surface area contributed by atoms with Crippen LogP contribution in [0.1, 0.15) is 36.5 Å². The molecule has 2 aromatic carbocycles. The quantitative estimate of drug-likeness (QED) is 0.481. The van der Waals surface area contributed by atoms with Crippen molar-refractivity contribution in [2.75, 3.05) is 5.32 Å². The Morgan fingerprint density at radius 1 is 1.10 bits per heavy atom. The normalized spacial score (nSPS) is 14.6. The van der Waals surface area contributed by atoms with E-state index in [1.807, 2.05) is 0 Å². The van der Waals surface area contributed by atoms with Crippen LogP contribution in [0.15, 0.2) is 36.4 Å². The van der Waals surface area contributed by atoms with Gasteiger partial charge < -0.3 is 10.4 Å². The predicted molar refractivity (Wildman–Crippen MR) is 115 cm³/mol. The van der Waals surface area contributed by atoms with E-state index in [1.165, 1.54) is 37.3 Å². The molecule has 0 saturated heterocycles. The van der Waals surface area contributed by atoms with Crippen molar-refractivity contribution in [3.05, 3.63) is 63.1 Å². The summed E-state index contributed by atoms with van der Waals surface area (Å²) < 4.78 is 40.7. The Balaban J connectivity index is 2.41. The highest BCUT2D eigenvalue weighted by molar-refractivity contribution is 6.33. The average molecular weight is 476 g/mol. The first kappa shape index (κ1) is 25.0. The number of hydrogen-bond acceptors (Lipinski definition) is 2. The smallest absolute Gasteiger partial charge is 0.392 e. The molecule has 4 nitrogen and oxygen atoms in total. The topological polar surface area (TPSA) is 66.4 Å². The third-order valence-electron chi connectivity index (χ3n) is 5.12. The number of aliphatic carboxylic acids is 1. The molecule has 0 radical (unpaired) electrons. The number of amides is 1. The maximum atomic E-state index is 13.6. The number of nitrogens with one attached hydrogen (secondary N) is 1. The molecule has 0 heterocycles. The van der Waals surface area contributed by atoms with Crippen molar-refractivity contribution in [2.45, 2.75) is 39.3 Å². The van der Waals surface area contributed by atoms with Crippen LogP contribution in [-0.4, -0.2) is 23.2 Å². The monoisotopic (exact) mass is 475 g/mol. The lowest BCUT2D eigenvalue weighted by molar-refractivity contribution is -0.178. The van der Waals surface area contributed by atoms with Crippen molar-refractivity contribution in [2.24, 2.45) is 11.8 Å². The minimum absolute atomic E-state index is 0.118. The van der Waals surface area contributed by atoms with Crippen molar-refractivity contribution in [3.8, 4) is 0 Å². The number of halogens is 5. The molecule has 0 aliphatic carbocycles. The second kappa shape index (κ2) is 9.92. The van der Waals surface area contributed by atoms with E-state index in [4.69, 9.17) is 28.3 Å². The highest BCUT2D eigenvalue weighted by Gasteiger charge is 2.45. The number of hydrogen-bond donors (Lipinski definition) is 2. The first-order valence-corrected chi connectivity index (χ1v) is 10.2. The van der Waals surface area contributed by atoms with Gasteiger partial charge in [-0.05, 0) is 54.3 Å². The van der Waals surface area contributed by atoms with Gasteiger partial charge in [0.1, 0.15) is 0 Å². The lowest BCUT2D eigenvalue weighted by atomic mass is 9.83. The van der Waals surface area contributed by atoms with Crippen molar-refractivity contribution < 1.29 is 27.9 Å². The van der Waals surface area contributed by atoms with Gasteiger partial charge in [-0.3, -0.25) is 9.59 Å². The molecule has 0 spiro atoms. The average Bonchev–Trinajstić information content (AvgIpc) is 2.65. The molecule has 0 aromatic heterocycles. The van der Waals surface area contributed by atoms with Crippen LogP contribution in [0.25, 0.3) is 0 Å². The van der Waals surface area contributed by atoms with E-state index in [9.17, 15) is 22.8 Å². The van der Waals surface area contributed by atoms with E-state index in [2.05, 4.69) is 5.32 Å². The summed E-state index contributed by atoms with van der Waals surface area (Å²) in [6.45, 7) is 4.07. The minimum Gasteiger partial charge on any atom is -0.481 e. The number of benzene rings is 2. The van der Waals surface area contributed by atoms with E-state index in [0.29, 0.717) is 16.1 Å². The molecule has 2 aromatic rings. The Kier molecular flexibility index (Phi) is 8.00. The molecule has 31 heavy (non-hydrogen) atoms. The van der Waals surface area contributed by atoms with Crippen LogP contribution in [0, 0.1) is 18.8 Å². The van der Waals surface area contributed by atoms with Crippen molar-refractivity contribution in [1.29, 1.82) is 0 Å². The van der Waals surface area contributed by atoms with Crippen LogP contribution >= 0.6 is 23.2 Å². The van der Waals surface area contributed by atoms with Gasteiger partial charge in [-0.25, -0.2) is 0 Å². The van der Waals surface area contributed by atoms with E-state index in [0.717, 1.165) is 6.92 Å². The second-order valence-electron chi connectivity index (χ2n) is 7.56. The maximum Gasteiger partial charge on any atom is 0.392 e. The molecule has 9 heteroatoms. The molecule has 3 atom stereocenters. The fourth-order valence-corrected chi connectivity index (χ4v) is 3.65. The molecular weight excluding hydrogens is 454 g/mol. The van der Waals surface area contributed by atoms with E-state index < -0.39 is 35.8 Å². The van der Waals surface area contributed by atoms with Crippen LogP contribution in [0.2, 0.25) is 10.0 Å². The zero-order valence-electron chi connectivity index (χ0n) is 17.1. The number of carboxylic acids is 1. The molecule has 0 aliphatic rings. The Bertz CT molecular complexity index is 979. The first-order valence-electron chi connectivity index (χ1n) is 9.46. The molecule has 0 aliphatic heterocycles. The van der Waals surface area contributed by atoms with Crippen molar-refractivity contribution in [1.82, 2.24) is 0 Å². The Hall–Kier alpha value is -2.25. The van der Waals surface area contributed by atoms with Gasteiger partial charge >= 0.3 is 12.1 Å². The zero-order chi connectivity index (χ0) is 23.5. The predicted octanol–water partition coefficient (Wildman–Crippen LogP) is 6.49. The fraction of sp³-hybridized carbons (Fsp3) is 0.364. The molecule has 2 rings (SSSR count). The molecule has 1 amide bonds. The van der Waals surface area contributed by atoms with Crippen molar-refractivity contribution in [3.63, 3.8) is 0 Å². The summed E-state index contributed by atoms with van der Waals surface area (Å²) in [5.74, 6) is -6.05. The summed E-state index contributed by atoms with van der Waals surface area (Å²) in [5, 5.41) is 12.1. The Labute approximate surface area is 188 Å². The standard InChI is InChI=1S/C22H22Cl2F3NO3/c1-11-9-15(23)5-6-16(11)19(13(3)22(25,26)27)20(29)28-18-10-14(4-7-17(18)24)8-12(2)21(30)31/h4-7,9-10,12-13,19H,8H2,1-3H3,(H,28,29)(H,30,31). The van der Waals surface area contributed by atoms with Gasteiger partial charge in [0.2, 0.25) is 5.91 Å². The number of anilines is 1. The number of carbonyl (C=O) groups excluding carboxylic acids is 1. The van der Waals surface area contributed by atoms with Gasteiger partial charge in [-0.2, -0.15) is 13.2 Å². The zero-order valence-corrected chi connectivity index (χ0v) is 18.6. The minimum atomic E-state index is -4.61. The molecular formula is C22H22Cl2F3NO3. The molecule has 168 valence electrons. The fourth-order valence-electron chi connectivity index (χ4n) is 3.26. The van der Waals surface area contributed by atoms with Crippen LogP contribution in [0.4, 0.5) is 18.9 Å². The molecule has 0 fully saturated rings. The van der Waals surface area contributed by atoms with Crippen LogP contribution < -0.4 is 5.32 Å². The lowest BCUT2D eigenvalue weighted by Gasteiger charge is -2.27. The largest absolute Gasteiger partial charge is 0.481 e. The van der Waals surface area contributed by atoms with E-state index in [-0.39, 0.29) is 22.7 Å². The van der Waals surface area contributed by atoms with E-state index in [1.54, 1.807) is 13.0 Å². The van der Waals surface area contributed by atoms with E-state index >= 15 is 0 Å². The second-order valence-corrected chi connectivity index (χ2v) is 8.40. The Morgan fingerprint density at radius 3 is 2.29 bits per heavy atom. The molecule has 0 saturated carbocycles. The third-order valence-corrected chi connectivity index (χ3v) is 5.68. The number of carboxylic acid groups (broad SMARTS) is 1. The summed E-state index contributed by atoms with van der Waals surface area (Å²) >= 11 is 12.1. The van der Waals surface area contributed by atoms with Gasteiger partial charge in [-0.15, -0.1) is 0 Å². The number of alkyl halides is 3. The van der Waals surface area contributed by atoms with Gasteiger partial charge in [-0.1, -0.05) is 49.2 Å². The lowest BCUT2D eigenvalue weighted by Crippen LogP contribution is -2.35. The molecule has 3 unspecified atom stereocenters. The highest BCUT2D eigenvalue weighted by atomic mass is 35.5. The number of aryl methyl sites for hydroxylation is 1. The van der Waals surface area contributed by atoms with Crippen LogP contribution in [-0.2, 0) is 16.0 Å². The highest BCUT2D eigenvalue weighted by Crippen LogP contribution is 2.40. The third kappa shape index (κ3) is 6.37.